The van der Waals surface area contributed by atoms with E-state index < -0.39 is 7.59 Å². The molecule has 0 bridgehead atoms. The number of rotatable bonds is 2. The van der Waals surface area contributed by atoms with Gasteiger partial charge >= 0.3 is 0 Å². The molecule has 2 aromatic carbocycles. The van der Waals surface area contributed by atoms with Crippen LogP contribution in [0.1, 0.15) is 11.1 Å². The van der Waals surface area contributed by atoms with Crippen molar-refractivity contribution in [3.63, 3.8) is 0 Å². The summed E-state index contributed by atoms with van der Waals surface area (Å²) in [5.74, 6) is 1.21. The molecule has 0 aliphatic rings. The van der Waals surface area contributed by atoms with Crippen molar-refractivity contribution >= 4 is 69.6 Å². The Morgan fingerprint density at radius 2 is 0.810 bits per heavy atom. The normalized spacial score (nSPS) is 12.3. The molecular formula is C14H8Cl6O. The summed E-state index contributed by atoms with van der Waals surface area (Å²) in [5.41, 5.74) is 1.12. The molecule has 0 fully saturated rings. The number of ether oxygens (including phenoxy) is 1. The van der Waals surface area contributed by atoms with E-state index in [-0.39, 0.29) is 0 Å². The topological polar surface area (TPSA) is 9.23 Å². The van der Waals surface area contributed by atoms with Crippen LogP contribution < -0.4 is 4.74 Å². The first-order valence-electron chi connectivity index (χ1n) is 5.68. The molecule has 0 unspecified atom stereocenters. The lowest BCUT2D eigenvalue weighted by atomic mass is 10.2. The highest BCUT2D eigenvalue weighted by Crippen LogP contribution is 2.40. The van der Waals surface area contributed by atoms with E-state index in [4.69, 9.17) is 74.3 Å². The molecule has 0 N–H and O–H groups in total. The Morgan fingerprint density at radius 3 is 1.05 bits per heavy atom. The lowest BCUT2D eigenvalue weighted by Crippen LogP contribution is -2.00. The molecule has 0 aliphatic heterocycles. The van der Waals surface area contributed by atoms with Gasteiger partial charge in [-0.3, -0.25) is 0 Å². The highest BCUT2D eigenvalue weighted by molar-refractivity contribution is 6.67. The van der Waals surface area contributed by atoms with Gasteiger partial charge in [0, 0.05) is 11.1 Å². The smallest absolute Gasteiger partial charge is 0.216 e. The van der Waals surface area contributed by atoms with E-state index in [0.717, 1.165) is 0 Å². The van der Waals surface area contributed by atoms with Crippen molar-refractivity contribution in [1.29, 1.82) is 0 Å². The van der Waals surface area contributed by atoms with Crippen LogP contribution >= 0.6 is 69.6 Å². The molecule has 0 saturated carbocycles. The monoisotopic (exact) mass is 402 g/mol. The highest BCUT2D eigenvalue weighted by Gasteiger charge is 2.23. The van der Waals surface area contributed by atoms with Crippen LogP contribution in [0.4, 0.5) is 0 Å². The van der Waals surface area contributed by atoms with Gasteiger partial charge in [-0.1, -0.05) is 93.9 Å². The number of alkyl halides is 6. The fourth-order valence-electron chi connectivity index (χ4n) is 1.56. The molecule has 112 valence electrons. The SMILES string of the molecule is ClC(Cl)(Cl)c1ccc(Oc2ccc(C(Cl)(Cl)Cl)cc2)cc1. The molecule has 2 rings (SSSR count). The second kappa shape index (κ2) is 6.62. The van der Waals surface area contributed by atoms with E-state index in [9.17, 15) is 0 Å². The molecule has 0 aliphatic carbocycles. The average molecular weight is 405 g/mol. The van der Waals surface area contributed by atoms with Gasteiger partial charge < -0.3 is 4.74 Å². The van der Waals surface area contributed by atoms with Gasteiger partial charge in [0.2, 0.25) is 7.59 Å². The number of hydrogen-bond acceptors (Lipinski definition) is 1. The summed E-state index contributed by atoms with van der Waals surface area (Å²) < 4.78 is 2.75. The van der Waals surface area contributed by atoms with Gasteiger partial charge in [-0.15, -0.1) is 0 Å². The molecule has 21 heavy (non-hydrogen) atoms. The van der Waals surface area contributed by atoms with Gasteiger partial charge in [0.25, 0.3) is 0 Å². The Kier molecular flexibility index (Phi) is 5.46. The summed E-state index contributed by atoms with van der Waals surface area (Å²) in [6.07, 6.45) is 0. The third kappa shape index (κ3) is 4.99. The van der Waals surface area contributed by atoms with E-state index in [1.165, 1.54) is 0 Å². The van der Waals surface area contributed by atoms with E-state index in [1.54, 1.807) is 48.5 Å². The number of hydrogen-bond donors (Lipinski definition) is 0. The maximum absolute atomic E-state index is 5.78. The first-order valence-corrected chi connectivity index (χ1v) is 7.95. The van der Waals surface area contributed by atoms with Crippen molar-refractivity contribution in [1.82, 2.24) is 0 Å². The molecule has 0 radical (unpaired) electrons. The molecule has 0 amide bonds. The maximum atomic E-state index is 5.78. The summed E-state index contributed by atoms with van der Waals surface area (Å²) in [4.78, 5) is 0. The van der Waals surface area contributed by atoms with Crippen molar-refractivity contribution in [2.45, 2.75) is 7.59 Å². The van der Waals surface area contributed by atoms with Gasteiger partial charge in [0.15, 0.2) is 0 Å². The average Bonchev–Trinajstić information content (AvgIpc) is 2.38. The molecule has 0 aromatic heterocycles. The van der Waals surface area contributed by atoms with Crippen LogP contribution in [0.2, 0.25) is 0 Å². The van der Waals surface area contributed by atoms with E-state index >= 15 is 0 Å². The second-order valence-corrected chi connectivity index (χ2v) is 8.71. The van der Waals surface area contributed by atoms with Crippen molar-refractivity contribution in [2.24, 2.45) is 0 Å². The Labute approximate surface area is 152 Å². The molecule has 0 heterocycles. The van der Waals surface area contributed by atoms with Gasteiger partial charge in [0.05, 0.1) is 0 Å². The molecule has 7 heteroatoms. The molecule has 0 saturated heterocycles. The fourth-order valence-corrected chi connectivity index (χ4v) is 2.32. The fraction of sp³-hybridized carbons (Fsp3) is 0.143. The van der Waals surface area contributed by atoms with E-state index in [2.05, 4.69) is 0 Å². The van der Waals surface area contributed by atoms with Gasteiger partial charge in [-0.05, 0) is 24.3 Å². The molecule has 2 aromatic rings. The minimum absolute atomic E-state index is 0.561. The van der Waals surface area contributed by atoms with Gasteiger partial charge in [-0.2, -0.15) is 0 Å². The standard InChI is InChI=1S/C14H8Cl6O/c15-13(16,17)9-1-5-11(6-2-9)21-12-7-3-10(4-8-12)14(18,19)20/h1-8H. The summed E-state index contributed by atoms with van der Waals surface area (Å²) >= 11 is 34.7. The quantitative estimate of drug-likeness (QED) is 0.483. The molecule has 1 nitrogen and oxygen atoms in total. The summed E-state index contributed by atoms with van der Waals surface area (Å²) in [5, 5.41) is 0. The number of benzene rings is 2. The summed E-state index contributed by atoms with van der Waals surface area (Å²) in [6.45, 7) is 0. The lowest BCUT2D eigenvalue weighted by Gasteiger charge is -2.13. The van der Waals surface area contributed by atoms with Gasteiger partial charge in [0.1, 0.15) is 11.5 Å². The van der Waals surface area contributed by atoms with Crippen LogP contribution in [0.15, 0.2) is 48.5 Å². The Morgan fingerprint density at radius 1 is 0.524 bits per heavy atom. The van der Waals surface area contributed by atoms with Crippen molar-refractivity contribution in [2.75, 3.05) is 0 Å². The zero-order valence-electron chi connectivity index (χ0n) is 10.3. The van der Waals surface area contributed by atoms with E-state index in [1.807, 2.05) is 0 Å². The third-order valence-corrected chi connectivity index (χ3v) is 3.91. The Hall–Kier alpha value is -0.0200. The van der Waals surface area contributed by atoms with Crippen LogP contribution in [0, 0.1) is 0 Å². The predicted octanol–water partition coefficient (Wildman–Crippen LogP) is 7.13. The third-order valence-electron chi connectivity index (χ3n) is 2.60. The lowest BCUT2D eigenvalue weighted by molar-refractivity contribution is 0.482. The van der Waals surface area contributed by atoms with Crippen LogP contribution in [-0.4, -0.2) is 0 Å². The highest BCUT2D eigenvalue weighted by atomic mass is 35.6. The van der Waals surface area contributed by atoms with Crippen molar-refractivity contribution in [3.05, 3.63) is 59.7 Å². The first kappa shape index (κ1) is 17.3. The van der Waals surface area contributed by atoms with E-state index in [0.29, 0.717) is 22.6 Å². The van der Waals surface area contributed by atoms with Crippen molar-refractivity contribution < 1.29 is 4.74 Å². The van der Waals surface area contributed by atoms with Crippen LogP contribution in [0.25, 0.3) is 0 Å². The zero-order chi connectivity index (χ0) is 15.7. The summed E-state index contributed by atoms with van der Waals surface area (Å²) in [6, 6.07) is 13.5. The van der Waals surface area contributed by atoms with Crippen LogP contribution in [0.3, 0.4) is 0 Å². The second-order valence-electron chi connectivity index (χ2n) is 4.15. The minimum Gasteiger partial charge on any atom is -0.457 e. The Bertz CT molecular complexity index is 540. The molecule has 0 spiro atoms. The van der Waals surface area contributed by atoms with Crippen LogP contribution in [-0.2, 0) is 7.59 Å². The predicted molar refractivity (Wildman–Crippen MR) is 91.4 cm³/mol. The van der Waals surface area contributed by atoms with Crippen LogP contribution in [0.5, 0.6) is 11.5 Å². The largest absolute Gasteiger partial charge is 0.457 e. The molecule has 0 atom stereocenters. The van der Waals surface area contributed by atoms with Crippen molar-refractivity contribution in [3.8, 4) is 11.5 Å². The van der Waals surface area contributed by atoms with Gasteiger partial charge in [-0.25, -0.2) is 0 Å². The zero-order valence-corrected chi connectivity index (χ0v) is 14.8. The maximum Gasteiger partial charge on any atom is 0.216 e. The number of halogens is 6. The first-order chi connectivity index (χ1) is 9.66. The summed E-state index contributed by atoms with van der Waals surface area (Å²) in [7, 11) is 0. The minimum atomic E-state index is -1.45. The Balaban J connectivity index is 2.12. The molecular weight excluding hydrogens is 397 g/mol.